The molecular weight excluding hydrogens is 200 g/mol. The molecule has 0 bridgehead atoms. The molecule has 0 spiro atoms. The normalized spacial score (nSPS) is 12.7. The molecule has 4 nitrogen and oxygen atoms in total. The maximum absolute atomic E-state index is 5.60. The van der Waals surface area contributed by atoms with E-state index in [2.05, 4.69) is 29.5 Å². The third-order valence-corrected chi connectivity index (χ3v) is 2.56. The average molecular weight is 216 g/mol. The van der Waals surface area contributed by atoms with Crippen LogP contribution in [-0.4, -0.2) is 9.55 Å². The first-order chi connectivity index (χ1) is 7.70. The second-order valence-electron chi connectivity index (χ2n) is 3.98. The summed E-state index contributed by atoms with van der Waals surface area (Å²) in [5, 5.41) is 0. The molecule has 1 unspecified atom stereocenters. The van der Waals surface area contributed by atoms with Gasteiger partial charge in [-0.1, -0.05) is 29.8 Å². The number of nitrogens with zero attached hydrogens (tertiary/aromatic N) is 2. The Bertz CT molecular complexity index is 475. The summed E-state index contributed by atoms with van der Waals surface area (Å²) in [5.41, 5.74) is 6.07. The molecule has 0 saturated heterocycles. The molecule has 4 heteroatoms. The zero-order valence-corrected chi connectivity index (χ0v) is 9.51. The van der Waals surface area contributed by atoms with E-state index in [1.54, 1.807) is 6.33 Å². The van der Waals surface area contributed by atoms with Crippen LogP contribution in [0, 0.1) is 6.92 Å². The Morgan fingerprint density at radius 3 is 2.81 bits per heavy atom. The Kier molecular flexibility index (Phi) is 3.03. The van der Waals surface area contributed by atoms with Gasteiger partial charge in [-0.2, -0.15) is 0 Å². The van der Waals surface area contributed by atoms with Gasteiger partial charge < -0.3 is 4.57 Å². The highest BCUT2D eigenvalue weighted by molar-refractivity contribution is 5.30. The molecule has 0 saturated carbocycles. The molecular formula is C12H16N4. The van der Waals surface area contributed by atoms with Crippen LogP contribution in [0.5, 0.6) is 0 Å². The van der Waals surface area contributed by atoms with Crippen molar-refractivity contribution in [2.24, 2.45) is 12.9 Å². The van der Waals surface area contributed by atoms with Crippen molar-refractivity contribution in [3.63, 3.8) is 0 Å². The van der Waals surface area contributed by atoms with Crippen LogP contribution in [0.3, 0.4) is 0 Å². The fourth-order valence-corrected chi connectivity index (χ4v) is 1.78. The van der Waals surface area contributed by atoms with Gasteiger partial charge in [-0.3, -0.25) is 5.84 Å². The molecule has 0 aliphatic rings. The molecule has 0 aliphatic carbocycles. The number of benzene rings is 1. The second-order valence-corrected chi connectivity index (χ2v) is 3.98. The van der Waals surface area contributed by atoms with Gasteiger partial charge in [-0.05, 0) is 12.5 Å². The monoisotopic (exact) mass is 216 g/mol. The van der Waals surface area contributed by atoms with Crippen molar-refractivity contribution in [1.29, 1.82) is 0 Å². The molecule has 1 atom stereocenters. The Morgan fingerprint density at radius 2 is 2.25 bits per heavy atom. The van der Waals surface area contributed by atoms with Crippen molar-refractivity contribution in [2.75, 3.05) is 0 Å². The van der Waals surface area contributed by atoms with Gasteiger partial charge in [0.25, 0.3) is 0 Å². The zero-order chi connectivity index (χ0) is 11.5. The summed E-state index contributed by atoms with van der Waals surface area (Å²) in [6.07, 6.45) is 3.74. The highest BCUT2D eigenvalue weighted by Gasteiger charge is 2.14. The average Bonchev–Trinajstić information content (AvgIpc) is 2.66. The smallest absolute Gasteiger partial charge is 0.0947 e. The van der Waals surface area contributed by atoms with Crippen molar-refractivity contribution < 1.29 is 0 Å². The number of nitrogens with two attached hydrogens (primary N) is 1. The van der Waals surface area contributed by atoms with Gasteiger partial charge in [0.1, 0.15) is 0 Å². The molecule has 3 N–H and O–H groups in total. The Labute approximate surface area is 95.1 Å². The lowest BCUT2D eigenvalue weighted by molar-refractivity contribution is 0.622. The lowest BCUT2D eigenvalue weighted by Crippen LogP contribution is -2.29. The maximum Gasteiger partial charge on any atom is 0.0947 e. The van der Waals surface area contributed by atoms with Crippen LogP contribution >= 0.6 is 0 Å². The molecule has 0 aliphatic heterocycles. The van der Waals surface area contributed by atoms with Crippen LogP contribution in [0.25, 0.3) is 0 Å². The summed E-state index contributed by atoms with van der Waals surface area (Å²) < 4.78 is 1.91. The number of hydrogen-bond acceptors (Lipinski definition) is 3. The third-order valence-electron chi connectivity index (χ3n) is 2.56. The predicted octanol–water partition coefficient (Wildman–Crippen LogP) is 1.28. The minimum Gasteiger partial charge on any atom is -0.340 e. The van der Waals surface area contributed by atoms with E-state index in [4.69, 9.17) is 5.84 Å². The first-order valence-electron chi connectivity index (χ1n) is 5.21. The Hall–Kier alpha value is -1.65. The van der Waals surface area contributed by atoms with Gasteiger partial charge in [-0.15, -0.1) is 0 Å². The molecule has 1 aromatic heterocycles. The molecule has 16 heavy (non-hydrogen) atoms. The predicted molar refractivity (Wildman–Crippen MR) is 63.6 cm³/mol. The summed E-state index contributed by atoms with van der Waals surface area (Å²) in [5.74, 6) is 5.60. The summed E-state index contributed by atoms with van der Waals surface area (Å²) in [4.78, 5) is 4.31. The fourth-order valence-electron chi connectivity index (χ4n) is 1.78. The van der Waals surface area contributed by atoms with Gasteiger partial charge in [-0.25, -0.2) is 10.4 Å². The number of aromatic nitrogens is 2. The van der Waals surface area contributed by atoms with Crippen LogP contribution in [-0.2, 0) is 7.05 Å². The SMILES string of the molecule is Cc1cccc(C(NN)c2cn(C)cn2)c1. The second kappa shape index (κ2) is 4.47. The van der Waals surface area contributed by atoms with Crippen molar-refractivity contribution in [1.82, 2.24) is 15.0 Å². The van der Waals surface area contributed by atoms with Crippen molar-refractivity contribution in [2.45, 2.75) is 13.0 Å². The molecule has 0 fully saturated rings. The van der Waals surface area contributed by atoms with E-state index < -0.39 is 0 Å². The summed E-state index contributed by atoms with van der Waals surface area (Å²) in [6.45, 7) is 2.06. The topological polar surface area (TPSA) is 55.9 Å². The minimum absolute atomic E-state index is 0.0545. The molecule has 2 aromatic rings. The van der Waals surface area contributed by atoms with Gasteiger partial charge in [0.15, 0.2) is 0 Å². The van der Waals surface area contributed by atoms with Gasteiger partial charge in [0, 0.05) is 13.2 Å². The van der Waals surface area contributed by atoms with E-state index in [0.29, 0.717) is 0 Å². The summed E-state index contributed by atoms with van der Waals surface area (Å²) >= 11 is 0. The molecule has 2 rings (SSSR count). The van der Waals surface area contributed by atoms with E-state index in [0.717, 1.165) is 11.3 Å². The maximum atomic E-state index is 5.60. The Morgan fingerprint density at radius 1 is 1.44 bits per heavy atom. The number of nitrogens with one attached hydrogen (secondary N) is 1. The Balaban J connectivity index is 2.36. The summed E-state index contributed by atoms with van der Waals surface area (Å²) in [7, 11) is 1.94. The first-order valence-corrected chi connectivity index (χ1v) is 5.21. The quantitative estimate of drug-likeness (QED) is 0.600. The van der Waals surface area contributed by atoms with E-state index in [-0.39, 0.29) is 6.04 Å². The van der Waals surface area contributed by atoms with Crippen molar-refractivity contribution in [3.05, 3.63) is 53.6 Å². The largest absolute Gasteiger partial charge is 0.340 e. The molecule has 0 radical (unpaired) electrons. The molecule has 1 aromatic carbocycles. The molecule has 0 amide bonds. The number of hydrogen-bond donors (Lipinski definition) is 2. The van der Waals surface area contributed by atoms with Gasteiger partial charge in [0.2, 0.25) is 0 Å². The van der Waals surface area contributed by atoms with Crippen LogP contribution in [0.2, 0.25) is 0 Å². The van der Waals surface area contributed by atoms with Crippen LogP contribution in [0.15, 0.2) is 36.8 Å². The lowest BCUT2D eigenvalue weighted by Gasteiger charge is -2.14. The standard InChI is InChI=1S/C12H16N4/c1-9-4-3-5-10(6-9)12(15-13)11-7-16(2)8-14-11/h3-8,12,15H,13H2,1-2H3. The van der Waals surface area contributed by atoms with E-state index in [9.17, 15) is 0 Å². The van der Waals surface area contributed by atoms with Gasteiger partial charge in [0.05, 0.1) is 18.1 Å². The van der Waals surface area contributed by atoms with Crippen molar-refractivity contribution in [3.8, 4) is 0 Å². The zero-order valence-electron chi connectivity index (χ0n) is 9.51. The van der Waals surface area contributed by atoms with E-state index in [1.807, 2.05) is 29.9 Å². The van der Waals surface area contributed by atoms with Crippen LogP contribution < -0.4 is 11.3 Å². The number of hydrazine groups is 1. The van der Waals surface area contributed by atoms with Crippen LogP contribution in [0.1, 0.15) is 22.9 Å². The lowest BCUT2D eigenvalue weighted by atomic mass is 10.0. The van der Waals surface area contributed by atoms with Crippen LogP contribution in [0.4, 0.5) is 0 Å². The van der Waals surface area contributed by atoms with E-state index >= 15 is 0 Å². The molecule has 1 heterocycles. The first kappa shape index (κ1) is 10.9. The minimum atomic E-state index is -0.0545. The van der Waals surface area contributed by atoms with Crippen molar-refractivity contribution >= 4 is 0 Å². The highest BCUT2D eigenvalue weighted by Crippen LogP contribution is 2.20. The summed E-state index contributed by atoms with van der Waals surface area (Å²) in [6, 6.07) is 8.19. The highest BCUT2D eigenvalue weighted by atomic mass is 15.2. The third kappa shape index (κ3) is 2.13. The number of aryl methyl sites for hydroxylation is 2. The fraction of sp³-hybridized carbons (Fsp3) is 0.250. The molecule has 84 valence electrons. The number of rotatable bonds is 3. The number of imidazole rings is 1. The van der Waals surface area contributed by atoms with E-state index in [1.165, 1.54) is 5.56 Å². The van der Waals surface area contributed by atoms with Gasteiger partial charge >= 0.3 is 0 Å².